The molecule has 0 amide bonds. The van der Waals surface area contributed by atoms with Crippen molar-refractivity contribution in [2.24, 2.45) is 0 Å². The third-order valence-electron chi connectivity index (χ3n) is 4.75. The van der Waals surface area contributed by atoms with E-state index in [4.69, 9.17) is 0 Å². The first-order valence-corrected chi connectivity index (χ1v) is 8.86. The molecule has 1 heterocycles. The summed E-state index contributed by atoms with van der Waals surface area (Å²) in [5.74, 6) is 0. The van der Waals surface area contributed by atoms with Crippen molar-refractivity contribution in [3.8, 4) is 0 Å². The molecule has 1 aliphatic rings. The Morgan fingerprint density at radius 3 is 1.84 bits per heavy atom. The van der Waals surface area contributed by atoms with Gasteiger partial charge in [-0.1, -0.05) is 58.3 Å². The Morgan fingerprint density at radius 1 is 0.789 bits per heavy atom. The van der Waals surface area contributed by atoms with E-state index < -0.39 is 0 Å². The maximum absolute atomic E-state index is 2.45. The van der Waals surface area contributed by atoms with Crippen LogP contribution in [0.2, 0.25) is 0 Å². The van der Waals surface area contributed by atoms with Crippen LogP contribution >= 0.6 is 0 Å². The lowest BCUT2D eigenvalue weighted by molar-refractivity contribution is -0.872. The summed E-state index contributed by atoms with van der Waals surface area (Å²) in [5, 5.41) is 0. The van der Waals surface area contributed by atoms with Crippen molar-refractivity contribution in [3.05, 3.63) is 12.3 Å². The lowest BCUT2D eigenvalue weighted by atomic mass is 10.1. The third-order valence-corrected chi connectivity index (χ3v) is 4.75. The summed E-state index contributed by atoms with van der Waals surface area (Å²) >= 11 is 0. The molecule has 0 saturated carbocycles. The molecule has 1 nitrogen and oxygen atoms in total. The van der Waals surface area contributed by atoms with Crippen molar-refractivity contribution in [1.29, 1.82) is 0 Å². The normalized spacial score (nSPS) is 22.2. The molecule has 1 atom stereocenters. The summed E-state index contributed by atoms with van der Waals surface area (Å²) < 4.78 is 1.26. The average Bonchev–Trinajstić information content (AvgIpc) is 2.90. The van der Waals surface area contributed by atoms with E-state index in [1.54, 1.807) is 0 Å². The summed E-state index contributed by atoms with van der Waals surface area (Å²) in [5.41, 5.74) is 0. The SMILES string of the molecule is CCCCCCCCCCCC[N+]1(CC)C=CCC1. The number of nitrogens with zero attached hydrogens (tertiary/aromatic N) is 1. The van der Waals surface area contributed by atoms with Gasteiger partial charge in [0.05, 0.1) is 25.8 Å². The van der Waals surface area contributed by atoms with Crippen LogP contribution < -0.4 is 0 Å². The van der Waals surface area contributed by atoms with Crippen LogP contribution in [0.25, 0.3) is 0 Å². The van der Waals surface area contributed by atoms with Crippen LogP contribution in [0.3, 0.4) is 0 Å². The van der Waals surface area contributed by atoms with Gasteiger partial charge in [0, 0.05) is 6.42 Å². The molecule has 0 aromatic carbocycles. The van der Waals surface area contributed by atoms with E-state index in [9.17, 15) is 0 Å². The Balaban J connectivity index is 1.87. The minimum absolute atomic E-state index is 1.26. The smallest absolute Gasteiger partial charge is 0.0920 e. The fourth-order valence-electron chi connectivity index (χ4n) is 3.23. The summed E-state index contributed by atoms with van der Waals surface area (Å²) in [6.07, 6.45) is 20.6. The van der Waals surface area contributed by atoms with Gasteiger partial charge in [-0.2, -0.15) is 0 Å². The second-order valence-corrected chi connectivity index (χ2v) is 6.34. The van der Waals surface area contributed by atoms with Crippen molar-refractivity contribution in [2.45, 2.75) is 84.5 Å². The largest absolute Gasteiger partial charge is 0.298 e. The predicted octanol–water partition coefficient (Wildman–Crippen LogP) is 5.66. The Labute approximate surface area is 121 Å². The molecule has 0 bridgehead atoms. The number of unbranched alkanes of at least 4 members (excludes halogenated alkanes) is 9. The zero-order valence-corrected chi connectivity index (χ0v) is 13.5. The Hall–Kier alpha value is -0.300. The Bertz CT molecular complexity index is 234. The quantitative estimate of drug-likeness (QED) is 0.316. The van der Waals surface area contributed by atoms with Crippen LogP contribution in [0.5, 0.6) is 0 Å². The van der Waals surface area contributed by atoms with Gasteiger partial charge >= 0.3 is 0 Å². The monoisotopic (exact) mass is 266 g/mol. The van der Waals surface area contributed by atoms with Gasteiger partial charge in [-0.15, -0.1) is 0 Å². The summed E-state index contributed by atoms with van der Waals surface area (Å²) in [4.78, 5) is 0. The van der Waals surface area contributed by atoms with E-state index in [-0.39, 0.29) is 0 Å². The van der Waals surface area contributed by atoms with E-state index in [2.05, 4.69) is 26.1 Å². The zero-order chi connectivity index (χ0) is 13.8. The van der Waals surface area contributed by atoms with Crippen LogP contribution in [-0.4, -0.2) is 24.1 Å². The highest BCUT2D eigenvalue weighted by atomic mass is 15.3. The van der Waals surface area contributed by atoms with Crippen molar-refractivity contribution in [1.82, 2.24) is 0 Å². The molecule has 0 spiro atoms. The highest BCUT2D eigenvalue weighted by Gasteiger charge is 2.24. The Kier molecular flexibility index (Phi) is 9.24. The molecule has 1 heteroatoms. The molecule has 1 unspecified atom stereocenters. The molecule has 1 rings (SSSR count). The molecule has 0 aliphatic carbocycles. The maximum atomic E-state index is 2.45. The topological polar surface area (TPSA) is 0 Å². The van der Waals surface area contributed by atoms with Crippen molar-refractivity contribution in [3.63, 3.8) is 0 Å². The highest BCUT2D eigenvalue weighted by Crippen LogP contribution is 2.19. The number of quaternary nitrogens is 1. The lowest BCUT2D eigenvalue weighted by Crippen LogP contribution is -2.41. The van der Waals surface area contributed by atoms with Crippen molar-refractivity contribution in [2.75, 3.05) is 19.6 Å². The third kappa shape index (κ3) is 7.15. The van der Waals surface area contributed by atoms with Crippen LogP contribution in [0.4, 0.5) is 0 Å². The fraction of sp³-hybridized carbons (Fsp3) is 0.889. The second kappa shape index (κ2) is 10.5. The first-order valence-electron chi connectivity index (χ1n) is 8.86. The van der Waals surface area contributed by atoms with Gasteiger partial charge in [0.15, 0.2) is 0 Å². The van der Waals surface area contributed by atoms with E-state index >= 15 is 0 Å². The maximum Gasteiger partial charge on any atom is 0.0920 e. The minimum atomic E-state index is 1.26. The average molecular weight is 266 g/mol. The Morgan fingerprint density at radius 2 is 1.37 bits per heavy atom. The minimum Gasteiger partial charge on any atom is -0.298 e. The molecule has 0 radical (unpaired) electrons. The standard InChI is InChI=1S/C18H36N/c1-3-5-6-7-8-9-10-11-12-13-16-19(4-2)17-14-15-18-19/h14,17H,3-13,15-16,18H2,1-2H3/q+1. The van der Waals surface area contributed by atoms with Gasteiger partial charge in [-0.3, -0.25) is 4.48 Å². The summed E-state index contributed by atoms with van der Waals surface area (Å²) in [6, 6.07) is 0. The zero-order valence-electron chi connectivity index (χ0n) is 13.5. The van der Waals surface area contributed by atoms with Gasteiger partial charge in [-0.25, -0.2) is 0 Å². The molecule has 19 heavy (non-hydrogen) atoms. The molecule has 0 aromatic heterocycles. The van der Waals surface area contributed by atoms with Gasteiger partial charge in [0.25, 0.3) is 0 Å². The molecule has 0 aromatic rings. The molecule has 112 valence electrons. The van der Waals surface area contributed by atoms with Crippen LogP contribution in [-0.2, 0) is 0 Å². The number of hydrogen-bond acceptors (Lipinski definition) is 0. The van der Waals surface area contributed by atoms with E-state index in [0.29, 0.717) is 0 Å². The fourth-order valence-corrected chi connectivity index (χ4v) is 3.23. The molecule has 0 saturated heterocycles. The van der Waals surface area contributed by atoms with Gasteiger partial charge in [-0.05, 0) is 25.8 Å². The van der Waals surface area contributed by atoms with Crippen molar-refractivity contribution < 1.29 is 4.48 Å². The van der Waals surface area contributed by atoms with Crippen LogP contribution in [0, 0.1) is 0 Å². The van der Waals surface area contributed by atoms with E-state index in [1.807, 2.05) is 0 Å². The van der Waals surface area contributed by atoms with Gasteiger partial charge in [0.2, 0.25) is 0 Å². The molecule has 0 fully saturated rings. The predicted molar refractivity (Wildman–Crippen MR) is 86.1 cm³/mol. The van der Waals surface area contributed by atoms with E-state index in [1.165, 1.54) is 94.7 Å². The lowest BCUT2D eigenvalue weighted by Gasteiger charge is -2.30. The first kappa shape index (κ1) is 16.8. The molecule has 1 aliphatic heterocycles. The van der Waals surface area contributed by atoms with Crippen LogP contribution in [0.1, 0.15) is 84.5 Å². The van der Waals surface area contributed by atoms with Gasteiger partial charge in [0.1, 0.15) is 0 Å². The first-order chi connectivity index (χ1) is 9.33. The van der Waals surface area contributed by atoms with Crippen LogP contribution in [0.15, 0.2) is 12.3 Å². The molecular formula is C18H36N+. The number of hydrogen-bond donors (Lipinski definition) is 0. The highest BCUT2D eigenvalue weighted by molar-refractivity contribution is 4.81. The second-order valence-electron chi connectivity index (χ2n) is 6.34. The van der Waals surface area contributed by atoms with Crippen molar-refractivity contribution >= 4 is 0 Å². The molecule has 0 N–H and O–H groups in total. The summed E-state index contributed by atoms with van der Waals surface area (Å²) in [6.45, 7) is 8.65. The molecular weight excluding hydrogens is 230 g/mol. The van der Waals surface area contributed by atoms with E-state index in [0.717, 1.165) is 0 Å². The summed E-state index contributed by atoms with van der Waals surface area (Å²) in [7, 11) is 0. The number of rotatable bonds is 12. The van der Waals surface area contributed by atoms with Gasteiger partial charge < -0.3 is 0 Å².